The quantitative estimate of drug-likeness (QED) is 0.580. The van der Waals surface area contributed by atoms with Crippen LogP contribution in [0.1, 0.15) is 17.3 Å². The molecule has 126 valence electrons. The molecular formula is C18H14Cl2N4O. The van der Waals surface area contributed by atoms with Crippen LogP contribution in [0.15, 0.2) is 54.7 Å². The van der Waals surface area contributed by atoms with Crippen molar-refractivity contribution in [2.45, 2.75) is 6.92 Å². The van der Waals surface area contributed by atoms with Crippen molar-refractivity contribution >= 4 is 52.1 Å². The number of benzene rings is 2. The first-order chi connectivity index (χ1) is 12.0. The molecule has 2 N–H and O–H groups in total. The molecule has 1 aromatic heterocycles. The molecule has 3 aromatic rings. The van der Waals surface area contributed by atoms with E-state index in [4.69, 9.17) is 23.2 Å². The Balaban J connectivity index is 1.76. The lowest BCUT2D eigenvalue weighted by Crippen LogP contribution is -2.01. The van der Waals surface area contributed by atoms with Gasteiger partial charge in [-0.25, -0.2) is 4.98 Å². The lowest BCUT2D eigenvalue weighted by atomic mass is 10.1. The number of carbonyl (C=O) groups excluding carboxylic acids is 1. The monoisotopic (exact) mass is 372 g/mol. The third-order valence-corrected chi connectivity index (χ3v) is 3.94. The fraction of sp³-hybridized carbons (Fsp3) is 0.0556. The van der Waals surface area contributed by atoms with Crippen molar-refractivity contribution < 1.29 is 4.79 Å². The maximum Gasteiger partial charge on any atom is 0.229 e. The molecule has 0 unspecified atom stereocenters. The molecule has 0 saturated carbocycles. The standard InChI is InChI=1S/C18H14Cl2N4O/c1-11(25)12-2-5-14(6-3-12)22-17-8-9-21-18(24-17)23-16-7-4-13(19)10-15(16)20/h2-10H,1H3,(H2,21,22,23,24). The first-order valence-corrected chi connectivity index (χ1v) is 8.20. The molecule has 0 aliphatic rings. The van der Waals surface area contributed by atoms with Crippen molar-refractivity contribution in [3.63, 3.8) is 0 Å². The summed E-state index contributed by atoms with van der Waals surface area (Å²) >= 11 is 12.0. The zero-order valence-electron chi connectivity index (χ0n) is 13.3. The van der Waals surface area contributed by atoms with Crippen LogP contribution in [0.3, 0.4) is 0 Å². The number of hydrogen-bond acceptors (Lipinski definition) is 5. The van der Waals surface area contributed by atoms with E-state index in [2.05, 4.69) is 20.6 Å². The van der Waals surface area contributed by atoms with E-state index in [0.717, 1.165) is 5.69 Å². The van der Waals surface area contributed by atoms with Gasteiger partial charge in [0.25, 0.3) is 0 Å². The molecule has 0 radical (unpaired) electrons. The zero-order valence-corrected chi connectivity index (χ0v) is 14.8. The van der Waals surface area contributed by atoms with Crippen LogP contribution in [0, 0.1) is 0 Å². The maximum atomic E-state index is 11.3. The van der Waals surface area contributed by atoms with Gasteiger partial charge in [-0.2, -0.15) is 4.98 Å². The highest BCUT2D eigenvalue weighted by atomic mass is 35.5. The van der Waals surface area contributed by atoms with Gasteiger partial charge in [-0.05, 0) is 55.5 Å². The Labute approximate surface area is 155 Å². The second-order valence-corrected chi connectivity index (χ2v) is 6.12. The summed E-state index contributed by atoms with van der Waals surface area (Å²) in [6, 6.07) is 14.0. The molecule has 2 aromatic carbocycles. The summed E-state index contributed by atoms with van der Waals surface area (Å²) in [4.78, 5) is 19.9. The van der Waals surface area contributed by atoms with Gasteiger partial charge in [-0.15, -0.1) is 0 Å². The molecule has 1 heterocycles. The molecule has 0 saturated heterocycles. The normalized spacial score (nSPS) is 10.4. The van der Waals surface area contributed by atoms with Gasteiger partial charge in [0.1, 0.15) is 5.82 Å². The molecule has 0 aliphatic carbocycles. The molecule has 3 rings (SSSR count). The maximum absolute atomic E-state index is 11.3. The number of Topliss-reactive ketones (excluding diaryl/α,β-unsaturated/α-hetero) is 1. The fourth-order valence-electron chi connectivity index (χ4n) is 2.14. The Kier molecular flexibility index (Phi) is 5.16. The van der Waals surface area contributed by atoms with Crippen molar-refractivity contribution in [3.05, 3.63) is 70.3 Å². The summed E-state index contributed by atoms with van der Waals surface area (Å²) in [5.74, 6) is 1.03. The zero-order chi connectivity index (χ0) is 17.8. The molecule has 0 spiro atoms. The average molecular weight is 373 g/mol. The smallest absolute Gasteiger partial charge is 0.229 e. The molecule has 5 nitrogen and oxygen atoms in total. The summed E-state index contributed by atoms with van der Waals surface area (Å²) in [6.07, 6.45) is 1.63. The highest BCUT2D eigenvalue weighted by Crippen LogP contribution is 2.27. The number of aromatic nitrogens is 2. The van der Waals surface area contributed by atoms with Crippen LogP contribution in [0.4, 0.5) is 23.1 Å². The molecule has 0 amide bonds. The Bertz CT molecular complexity index is 913. The summed E-state index contributed by atoms with van der Waals surface area (Å²) in [5, 5.41) is 7.25. The summed E-state index contributed by atoms with van der Waals surface area (Å²) in [5.41, 5.74) is 2.14. The van der Waals surface area contributed by atoms with E-state index in [1.165, 1.54) is 6.92 Å². The van der Waals surface area contributed by atoms with Crippen LogP contribution >= 0.6 is 23.2 Å². The third-order valence-electron chi connectivity index (χ3n) is 3.40. The minimum atomic E-state index is 0.0277. The number of ketones is 1. The largest absolute Gasteiger partial charge is 0.340 e. The number of nitrogens with zero attached hydrogens (tertiary/aromatic N) is 2. The van der Waals surface area contributed by atoms with E-state index in [-0.39, 0.29) is 5.78 Å². The first kappa shape index (κ1) is 17.2. The predicted molar refractivity (Wildman–Crippen MR) is 102 cm³/mol. The van der Waals surface area contributed by atoms with Crippen LogP contribution in [0.25, 0.3) is 0 Å². The van der Waals surface area contributed by atoms with Crippen molar-refractivity contribution in [1.29, 1.82) is 0 Å². The Morgan fingerprint density at radius 3 is 2.44 bits per heavy atom. The Morgan fingerprint density at radius 2 is 1.76 bits per heavy atom. The van der Waals surface area contributed by atoms with Gasteiger partial charge in [0.15, 0.2) is 5.78 Å². The van der Waals surface area contributed by atoms with Gasteiger partial charge in [-0.1, -0.05) is 23.2 Å². The van der Waals surface area contributed by atoms with Crippen molar-refractivity contribution in [3.8, 4) is 0 Å². The lowest BCUT2D eigenvalue weighted by molar-refractivity contribution is 0.101. The van der Waals surface area contributed by atoms with E-state index in [9.17, 15) is 4.79 Å². The summed E-state index contributed by atoms with van der Waals surface area (Å²) < 4.78 is 0. The highest BCUT2D eigenvalue weighted by Gasteiger charge is 2.05. The number of hydrogen-bond donors (Lipinski definition) is 2. The lowest BCUT2D eigenvalue weighted by Gasteiger charge is -2.10. The number of anilines is 4. The second-order valence-electron chi connectivity index (χ2n) is 5.27. The SMILES string of the molecule is CC(=O)c1ccc(Nc2ccnc(Nc3ccc(Cl)cc3Cl)n2)cc1. The molecule has 25 heavy (non-hydrogen) atoms. The second kappa shape index (κ2) is 7.51. The van der Waals surface area contributed by atoms with Crippen LogP contribution in [0.2, 0.25) is 10.0 Å². The van der Waals surface area contributed by atoms with Gasteiger partial charge in [0.2, 0.25) is 5.95 Å². The van der Waals surface area contributed by atoms with Gasteiger partial charge in [0, 0.05) is 22.5 Å². The Morgan fingerprint density at radius 1 is 1.00 bits per heavy atom. The molecule has 0 fully saturated rings. The van der Waals surface area contributed by atoms with E-state index in [1.807, 2.05) is 12.1 Å². The van der Waals surface area contributed by atoms with E-state index >= 15 is 0 Å². The number of rotatable bonds is 5. The van der Waals surface area contributed by atoms with Crippen LogP contribution in [-0.4, -0.2) is 15.8 Å². The molecule has 0 atom stereocenters. The van der Waals surface area contributed by atoms with E-state index < -0.39 is 0 Å². The molecule has 0 aliphatic heterocycles. The first-order valence-electron chi connectivity index (χ1n) is 7.44. The number of nitrogens with one attached hydrogen (secondary N) is 2. The van der Waals surface area contributed by atoms with Crippen molar-refractivity contribution in [1.82, 2.24) is 9.97 Å². The third kappa shape index (κ3) is 4.47. The molecule has 7 heteroatoms. The number of halogens is 2. The van der Waals surface area contributed by atoms with Gasteiger partial charge >= 0.3 is 0 Å². The number of carbonyl (C=O) groups is 1. The summed E-state index contributed by atoms with van der Waals surface area (Å²) in [6.45, 7) is 1.53. The Hall–Kier alpha value is -2.63. The van der Waals surface area contributed by atoms with Crippen LogP contribution < -0.4 is 10.6 Å². The van der Waals surface area contributed by atoms with Gasteiger partial charge in [-0.3, -0.25) is 4.79 Å². The van der Waals surface area contributed by atoms with Crippen molar-refractivity contribution in [2.24, 2.45) is 0 Å². The molecular weight excluding hydrogens is 359 g/mol. The topological polar surface area (TPSA) is 66.9 Å². The van der Waals surface area contributed by atoms with Crippen LogP contribution in [-0.2, 0) is 0 Å². The van der Waals surface area contributed by atoms with E-state index in [1.54, 1.807) is 42.6 Å². The fourth-order valence-corrected chi connectivity index (χ4v) is 2.59. The predicted octanol–water partition coefficient (Wildman–Crippen LogP) is 5.47. The summed E-state index contributed by atoms with van der Waals surface area (Å²) in [7, 11) is 0. The van der Waals surface area contributed by atoms with Gasteiger partial charge < -0.3 is 10.6 Å². The van der Waals surface area contributed by atoms with E-state index in [0.29, 0.717) is 33.1 Å². The molecule has 0 bridgehead atoms. The van der Waals surface area contributed by atoms with Crippen molar-refractivity contribution in [2.75, 3.05) is 10.6 Å². The minimum absolute atomic E-state index is 0.0277. The van der Waals surface area contributed by atoms with Gasteiger partial charge in [0.05, 0.1) is 10.7 Å². The minimum Gasteiger partial charge on any atom is -0.340 e. The van der Waals surface area contributed by atoms with Crippen LogP contribution in [0.5, 0.6) is 0 Å². The average Bonchev–Trinajstić information content (AvgIpc) is 2.58. The highest BCUT2D eigenvalue weighted by molar-refractivity contribution is 6.36.